The molecule has 2 N–H and O–H groups in total. The van der Waals surface area contributed by atoms with Crippen LogP contribution in [-0.4, -0.2) is 22.8 Å². The highest BCUT2D eigenvalue weighted by Crippen LogP contribution is 2.30. The van der Waals surface area contributed by atoms with Crippen LogP contribution in [0.5, 0.6) is 0 Å². The second kappa shape index (κ2) is 6.21. The van der Waals surface area contributed by atoms with Crippen molar-refractivity contribution < 1.29 is 4.74 Å². The van der Waals surface area contributed by atoms with Gasteiger partial charge in [0.2, 0.25) is 0 Å². The molecule has 1 aliphatic carbocycles. The first-order valence-electron chi connectivity index (χ1n) is 6.03. The van der Waals surface area contributed by atoms with Gasteiger partial charge >= 0.3 is 0 Å². The van der Waals surface area contributed by atoms with Gasteiger partial charge in [-0.3, -0.25) is 0 Å². The third kappa shape index (κ3) is 3.85. The minimum Gasteiger partial charge on any atom is -0.384 e. The van der Waals surface area contributed by atoms with E-state index in [9.17, 15) is 0 Å². The first-order valence-corrected chi connectivity index (χ1v) is 7.01. The number of hydrogen-bond acceptors (Lipinski definition) is 5. The van der Waals surface area contributed by atoms with Gasteiger partial charge in [-0.2, -0.15) is 0 Å². The highest BCUT2D eigenvalue weighted by Gasteiger charge is 2.15. The van der Waals surface area contributed by atoms with E-state index in [4.69, 9.17) is 10.5 Å². The molecule has 0 aliphatic heterocycles. The molecule has 1 aromatic rings. The van der Waals surface area contributed by atoms with Gasteiger partial charge in [0.05, 0.1) is 0 Å². The molecule has 0 spiro atoms. The first-order chi connectivity index (χ1) is 8.28. The standard InChI is InChI=1S/C12H19N3OS/c1-16-7-11-14-10(13)6-12(15-11)17-8-9-4-2-3-5-9/h6,9H,2-5,7-8H2,1H3,(H2,13,14,15). The maximum atomic E-state index is 5.75. The SMILES string of the molecule is COCc1nc(N)cc(SCC2CCCC2)n1. The van der Waals surface area contributed by atoms with Gasteiger partial charge < -0.3 is 10.5 Å². The van der Waals surface area contributed by atoms with Crippen molar-refractivity contribution in [3.63, 3.8) is 0 Å². The number of rotatable bonds is 5. The molecule has 0 unspecified atom stereocenters. The molecular formula is C12H19N3OS. The van der Waals surface area contributed by atoms with Gasteiger partial charge in [-0.05, 0) is 18.8 Å². The molecule has 0 atom stereocenters. The number of nitrogens with zero attached hydrogens (tertiary/aromatic N) is 2. The summed E-state index contributed by atoms with van der Waals surface area (Å²) < 4.78 is 5.03. The molecule has 0 radical (unpaired) electrons. The van der Waals surface area contributed by atoms with Crippen LogP contribution in [0.3, 0.4) is 0 Å². The highest BCUT2D eigenvalue weighted by atomic mass is 32.2. The molecule has 0 saturated heterocycles. The van der Waals surface area contributed by atoms with Crippen molar-refractivity contribution >= 4 is 17.6 Å². The van der Waals surface area contributed by atoms with Gasteiger partial charge in [0, 0.05) is 18.9 Å². The van der Waals surface area contributed by atoms with E-state index in [2.05, 4.69) is 9.97 Å². The van der Waals surface area contributed by atoms with Crippen LogP contribution in [0.4, 0.5) is 5.82 Å². The maximum absolute atomic E-state index is 5.75. The van der Waals surface area contributed by atoms with Gasteiger partial charge in [0.15, 0.2) is 5.82 Å². The average Bonchev–Trinajstić information content (AvgIpc) is 2.79. The van der Waals surface area contributed by atoms with Crippen LogP contribution in [0.15, 0.2) is 11.1 Å². The Hall–Kier alpha value is -0.810. The summed E-state index contributed by atoms with van der Waals surface area (Å²) >= 11 is 1.79. The number of nitrogens with two attached hydrogens (primary N) is 1. The van der Waals surface area contributed by atoms with Gasteiger partial charge in [0.25, 0.3) is 0 Å². The number of aromatic nitrogens is 2. The van der Waals surface area contributed by atoms with Crippen molar-refractivity contribution in [1.82, 2.24) is 9.97 Å². The lowest BCUT2D eigenvalue weighted by molar-refractivity contribution is 0.177. The van der Waals surface area contributed by atoms with Crippen LogP contribution < -0.4 is 5.73 Å². The molecule has 1 heterocycles. The Labute approximate surface area is 106 Å². The van der Waals surface area contributed by atoms with Crippen LogP contribution in [0.25, 0.3) is 0 Å². The summed E-state index contributed by atoms with van der Waals surface area (Å²) in [6.07, 6.45) is 5.48. The summed E-state index contributed by atoms with van der Waals surface area (Å²) in [5, 5.41) is 0.969. The third-order valence-corrected chi connectivity index (χ3v) is 4.13. The number of anilines is 1. The lowest BCUT2D eigenvalue weighted by atomic mass is 10.1. The fourth-order valence-corrected chi connectivity index (χ4v) is 3.25. The number of methoxy groups -OCH3 is 1. The van der Waals surface area contributed by atoms with Crippen molar-refractivity contribution in [2.24, 2.45) is 5.92 Å². The first kappa shape index (κ1) is 12.6. The summed E-state index contributed by atoms with van der Waals surface area (Å²) in [4.78, 5) is 8.56. The predicted molar refractivity (Wildman–Crippen MR) is 69.8 cm³/mol. The molecule has 94 valence electrons. The number of hydrogen-bond donors (Lipinski definition) is 1. The fraction of sp³-hybridized carbons (Fsp3) is 0.667. The average molecular weight is 253 g/mol. The summed E-state index contributed by atoms with van der Waals surface area (Å²) in [6, 6.07) is 1.85. The topological polar surface area (TPSA) is 61.0 Å². The number of ether oxygens (including phenoxy) is 1. The zero-order valence-electron chi connectivity index (χ0n) is 10.2. The molecule has 4 nitrogen and oxygen atoms in total. The van der Waals surface area contributed by atoms with Crippen LogP contribution in [0.2, 0.25) is 0 Å². The zero-order chi connectivity index (χ0) is 12.1. The Kier molecular flexibility index (Phi) is 4.62. The molecule has 1 saturated carbocycles. The van der Waals surface area contributed by atoms with E-state index in [1.807, 2.05) is 6.07 Å². The van der Waals surface area contributed by atoms with E-state index < -0.39 is 0 Å². The minimum atomic E-state index is 0.419. The van der Waals surface area contributed by atoms with Crippen molar-refractivity contribution in [1.29, 1.82) is 0 Å². The molecule has 1 aromatic heterocycles. The van der Waals surface area contributed by atoms with Crippen molar-refractivity contribution in [2.75, 3.05) is 18.6 Å². The molecule has 0 bridgehead atoms. The van der Waals surface area contributed by atoms with Gasteiger partial charge in [-0.1, -0.05) is 12.8 Å². The van der Waals surface area contributed by atoms with E-state index in [0.717, 1.165) is 16.7 Å². The van der Waals surface area contributed by atoms with Crippen LogP contribution >= 0.6 is 11.8 Å². The number of nitrogen functional groups attached to an aromatic ring is 1. The number of thioether (sulfide) groups is 1. The molecule has 17 heavy (non-hydrogen) atoms. The molecule has 1 fully saturated rings. The maximum Gasteiger partial charge on any atom is 0.157 e. The second-order valence-corrected chi connectivity index (χ2v) is 5.48. The van der Waals surface area contributed by atoms with Crippen molar-refractivity contribution in [3.05, 3.63) is 11.9 Å². The highest BCUT2D eigenvalue weighted by molar-refractivity contribution is 7.99. The lowest BCUT2D eigenvalue weighted by Crippen LogP contribution is -2.03. The van der Waals surface area contributed by atoms with Crippen LogP contribution in [0, 0.1) is 5.92 Å². The normalized spacial score (nSPS) is 16.5. The summed E-state index contributed by atoms with van der Waals surface area (Å²) in [5.41, 5.74) is 5.75. The second-order valence-electron chi connectivity index (χ2n) is 4.44. The Bertz CT molecular complexity index is 367. The monoisotopic (exact) mass is 253 g/mol. The largest absolute Gasteiger partial charge is 0.384 e. The lowest BCUT2D eigenvalue weighted by Gasteiger charge is -2.09. The van der Waals surface area contributed by atoms with Gasteiger partial charge in [-0.15, -0.1) is 11.8 Å². The minimum absolute atomic E-state index is 0.419. The summed E-state index contributed by atoms with van der Waals surface area (Å²) in [7, 11) is 1.64. The molecule has 0 amide bonds. The van der Waals surface area contributed by atoms with Crippen molar-refractivity contribution in [3.8, 4) is 0 Å². The quantitative estimate of drug-likeness (QED) is 0.645. The zero-order valence-corrected chi connectivity index (χ0v) is 11.0. The van der Waals surface area contributed by atoms with Gasteiger partial charge in [0.1, 0.15) is 17.5 Å². The van der Waals surface area contributed by atoms with E-state index in [1.165, 1.54) is 25.7 Å². The smallest absolute Gasteiger partial charge is 0.157 e. The molecule has 0 aromatic carbocycles. The van der Waals surface area contributed by atoms with E-state index in [-0.39, 0.29) is 0 Å². The fourth-order valence-electron chi connectivity index (χ4n) is 2.14. The van der Waals surface area contributed by atoms with Gasteiger partial charge in [-0.25, -0.2) is 9.97 Å². The van der Waals surface area contributed by atoms with E-state index in [0.29, 0.717) is 18.2 Å². The van der Waals surface area contributed by atoms with Crippen LogP contribution in [-0.2, 0) is 11.3 Å². The molecular weight excluding hydrogens is 234 g/mol. The Morgan fingerprint density at radius 1 is 1.41 bits per heavy atom. The predicted octanol–water partition coefficient (Wildman–Crippen LogP) is 2.49. The third-order valence-electron chi connectivity index (χ3n) is 2.98. The molecule has 1 aliphatic rings. The molecule has 2 rings (SSSR count). The van der Waals surface area contributed by atoms with Crippen molar-refractivity contribution in [2.45, 2.75) is 37.3 Å². The van der Waals surface area contributed by atoms with E-state index >= 15 is 0 Å². The van der Waals surface area contributed by atoms with E-state index in [1.54, 1.807) is 18.9 Å². The summed E-state index contributed by atoms with van der Waals surface area (Å²) in [6.45, 7) is 0.419. The molecule has 5 heteroatoms. The van der Waals surface area contributed by atoms with Crippen LogP contribution in [0.1, 0.15) is 31.5 Å². The Morgan fingerprint density at radius 2 is 2.18 bits per heavy atom. The Morgan fingerprint density at radius 3 is 2.88 bits per heavy atom. The Balaban J connectivity index is 1.94. The summed E-state index contributed by atoms with van der Waals surface area (Å²) in [5.74, 6) is 3.19.